The van der Waals surface area contributed by atoms with Crippen molar-refractivity contribution >= 4 is 0 Å². The third kappa shape index (κ3) is 2.30. The third-order valence-electron chi connectivity index (χ3n) is 3.70. The molecule has 0 bridgehead atoms. The Labute approximate surface area is 99.3 Å². The average Bonchev–Trinajstić information content (AvgIpc) is 2.66. The van der Waals surface area contributed by atoms with Gasteiger partial charge in [-0.05, 0) is 36.4 Å². The van der Waals surface area contributed by atoms with E-state index in [0.717, 1.165) is 12.5 Å². The van der Waals surface area contributed by atoms with Crippen LogP contribution in [0.15, 0.2) is 24.3 Å². The second-order valence-corrected chi connectivity index (χ2v) is 4.84. The number of unbranched alkanes of at least 4 members (excludes halogenated alkanes) is 1. The molecule has 2 rings (SSSR count). The molecule has 16 heavy (non-hydrogen) atoms. The van der Waals surface area contributed by atoms with Crippen LogP contribution in [0.3, 0.4) is 0 Å². The zero-order valence-corrected chi connectivity index (χ0v) is 10.5. The molecule has 0 spiro atoms. The highest BCUT2D eigenvalue weighted by molar-refractivity contribution is 5.35. The molecule has 2 unspecified atom stereocenters. The van der Waals surface area contributed by atoms with Gasteiger partial charge < -0.3 is 5.32 Å². The number of hydrogen-bond donors (Lipinski definition) is 1. The summed E-state index contributed by atoms with van der Waals surface area (Å²) in [5, 5.41) is 3.66. The van der Waals surface area contributed by atoms with Crippen molar-refractivity contribution in [2.24, 2.45) is 5.92 Å². The molecule has 0 saturated carbocycles. The van der Waals surface area contributed by atoms with E-state index in [-0.39, 0.29) is 0 Å². The third-order valence-corrected chi connectivity index (χ3v) is 3.70. The maximum Gasteiger partial charge on any atom is 0.0354 e. The van der Waals surface area contributed by atoms with Gasteiger partial charge in [-0.3, -0.25) is 0 Å². The van der Waals surface area contributed by atoms with Crippen LogP contribution < -0.4 is 5.32 Å². The van der Waals surface area contributed by atoms with Gasteiger partial charge in [0.05, 0.1) is 0 Å². The summed E-state index contributed by atoms with van der Waals surface area (Å²) in [6, 6.07) is 9.54. The molecule has 0 fully saturated rings. The Morgan fingerprint density at radius 2 is 2.06 bits per heavy atom. The topological polar surface area (TPSA) is 12.0 Å². The molecule has 1 nitrogen and oxygen atoms in total. The Bertz CT molecular complexity index is 332. The van der Waals surface area contributed by atoms with Gasteiger partial charge in [-0.15, -0.1) is 0 Å². The van der Waals surface area contributed by atoms with Crippen molar-refractivity contribution in [2.45, 2.75) is 45.6 Å². The maximum absolute atomic E-state index is 3.66. The minimum Gasteiger partial charge on any atom is -0.310 e. The Morgan fingerprint density at radius 3 is 2.81 bits per heavy atom. The monoisotopic (exact) mass is 217 g/mol. The van der Waals surface area contributed by atoms with E-state index in [1.165, 1.54) is 25.7 Å². The molecule has 0 radical (unpaired) electrons. The van der Waals surface area contributed by atoms with Crippen molar-refractivity contribution in [1.82, 2.24) is 5.32 Å². The predicted molar refractivity (Wildman–Crippen MR) is 69.6 cm³/mol. The number of fused-ring (bicyclic) bond motifs is 1. The van der Waals surface area contributed by atoms with Gasteiger partial charge >= 0.3 is 0 Å². The molecular formula is C15H23N. The van der Waals surface area contributed by atoms with E-state index in [1.807, 2.05) is 0 Å². The zero-order chi connectivity index (χ0) is 11.4. The highest BCUT2D eigenvalue weighted by Gasteiger charge is 2.30. The van der Waals surface area contributed by atoms with Crippen molar-refractivity contribution in [2.75, 3.05) is 6.54 Å². The Balaban J connectivity index is 2.13. The summed E-state index contributed by atoms with van der Waals surface area (Å²) in [7, 11) is 0. The van der Waals surface area contributed by atoms with Crippen LogP contribution in [0.5, 0.6) is 0 Å². The minimum absolute atomic E-state index is 0.604. The van der Waals surface area contributed by atoms with Gasteiger partial charge in [-0.1, -0.05) is 51.0 Å². The number of hydrogen-bond acceptors (Lipinski definition) is 1. The molecule has 1 N–H and O–H groups in total. The first-order valence-corrected chi connectivity index (χ1v) is 6.68. The van der Waals surface area contributed by atoms with Crippen LogP contribution >= 0.6 is 0 Å². The van der Waals surface area contributed by atoms with Crippen molar-refractivity contribution in [3.8, 4) is 0 Å². The normalized spacial score (nSPS) is 23.4. The van der Waals surface area contributed by atoms with Crippen LogP contribution in [0, 0.1) is 5.92 Å². The average molecular weight is 217 g/mol. The van der Waals surface area contributed by atoms with Crippen molar-refractivity contribution in [1.29, 1.82) is 0 Å². The lowest BCUT2D eigenvalue weighted by Crippen LogP contribution is -2.25. The van der Waals surface area contributed by atoms with Crippen LogP contribution in [0.25, 0.3) is 0 Å². The van der Waals surface area contributed by atoms with Crippen molar-refractivity contribution in [3.05, 3.63) is 35.4 Å². The Kier molecular flexibility index (Phi) is 4.00. The van der Waals surface area contributed by atoms with E-state index in [4.69, 9.17) is 0 Å². The van der Waals surface area contributed by atoms with Gasteiger partial charge in [0.1, 0.15) is 0 Å². The van der Waals surface area contributed by atoms with E-state index >= 15 is 0 Å². The summed E-state index contributed by atoms with van der Waals surface area (Å²) >= 11 is 0. The molecule has 1 aliphatic rings. The Hall–Kier alpha value is -0.820. The van der Waals surface area contributed by atoms with Crippen molar-refractivity contribution in [3.63, 3.8) is 0 Å². The maximum atomic E-state index is 3.66. The molecule has 1 aliphatic carbocycles. The fourth-order valence-corrected chi connectivity index (χ4v) is 2.91. The highest BCUT2D eigenvalue weighted by Crippen LogP contribution is 2.38. The first-order chi connectivity index (χ1) is 7.86. The molecular weight excluding hydrogens is 194 g/mol. The standard InChI is InChI=1S/C15H23N/c1-3-5-8-13-11-12-9-6-7-10-14(12)15(13)16-4-2/h6-7,9-10,13,15-16H,3-5,8,11H2,1-2H3. The molecule has 0 heterocycles. The Morgan fingerprint density at radius 1 is 1.25 bits per heavy atom. The highest BCUT2D eigenvalue weighted by atomic mass is 14.9. The smallest absolute Gasteiger partial charge is 0.0354 e. The van der Waals surface area contributed by atoms with Gasteiger partial charge in [-0.25, -0.2) is 0 Å². The van der Waals surface area contributed by atoms with Crippen LogP contribution in [-0.4, -0.2) is 6.54 Å². The molecule has 1 aromatic rings. The molecule has 0 amide bonds. The second-order valence-electron chi connectivity index (χ2n) is 4.84. The van der Waals surface area contributed by atoms with E-state index in [1.54, 1.807) is 11.1 Å². The van der Waals surface area contributed by atoms with Crippen LogP contribution in [0.2, 0.25) is 0 Å². The number of rotatable bonds is 5. The first-order valence-electron chi connectivity index (χ1n) is 6.68. The summed E-state index contributed by atoms with van der Waals surface area (Å²) < 4.78 is 0. The van der Waals surface area contributed by atoms with Gasteiger partial charge in [0.2, 0.25) is 0 Å². The summed E-state index contributed by atoms with van der Waals surface area (Å²) in [4.78, 5) is 0. The number of benzene rings is 1. The lowest BCUT2D eigenvalue weighted by molar-refractivity contribution is 0.364. The summed E-state index contributed by atoms with van der Waals surface area (Å²) in [6.45, 7) is 5.56. The summed E-state index contributed by atoms with van der Waals surface area (Å²) in [5.74, 6) is 0.817. The van der Waals surface area contributed by atoms with Crippen molar-refractivity contribution < 1.29 is 0 Å². The number of nitrogens with one attached hydrogen (secondary N) is 1. The van der Waals surface area contributed by atoms with E-state index in [2.05, 4.69) is 43.4 Å². The summed E-state index contributed by atoms with van der Waals surface area (Å²) in [5.41, 5.74) is 3.11. The fourth-order valence-electron chi connectivity index (χ4n) is 2.91. The fraction of sp³-hybridized carbons (Fsp3) is 0.600. The first kappa shape index (κ1) is 11.7. The van der Waals surface area contributed by atoms with Gasteiger partial charge in [0.25, 0.3) is 0 Å². The molecule has 0 aromatic heterocycles. The molecule has 0 saturated heterocycles. The molecule has 0 aliphatic heterocycles. The molecule has 1 aromatic carbocycles. The van der Waals surface area contributed by atoms with E-state index in [9.17, 15) is 0 Å². The van der Waals surface area contributed by atoms with Gasteiger partial charge in [0.15, 0.2) is 0 Å². The minimum atomic E-state index is 0.604. The quantitative estimate of drug-likeness (QED) is 0.793. The van der Waals surface area contributed by atoms with Crippen LogP contribution in [0.4, 0.5) is 0 Å². The van der Waals surface area contributed by atoms with Gasteiger partial charge in [0, 0.05) is 6.04 Å². The lowest BCUT2D eigenvalue weighted by atomic mass is 9.94. The van der Waals surface area contributed by atoms with Crippen LogP contribution in [-0.2, 0) is 6.42 Å². The summed E-state index contributed by atoms with van der Waals surface area (Å²) in [6.07, 6.45) is 5.31. The molecule has 2 atom stereocenters. The molecule has 1 heteroatoms. The predicted octanol–water partition coefficient (Wildman–Crippen LogP) is 3.70. The lowest BCUT2D eigenvalue weighted by Gasteiger charge is -2.21. The SMILES string of the molecule is CCCCC1Cc2ccccc2C1NCC. The molecule has 88 valence electrons. The van der Waals surface area contributed by atoms with Gasteiger partial charge in [-0.2, -0.15) is 0 Å². The largest absolute Gasteiger partial charge is 0.310 e. The zero-order valence-electron chi connectivity index (χ0n) is 10.5. The van der Waals surface area contributed by atoms with E-state index in [0.29, 0.717) is 6.04 Å². The van der Waals surface area contributed by atoms with Crippen LogP contribution in [0.1, 0.15) is 50.3 Å². The van der Waals surface area contributed by atoms with E-state index < -0.39 is 0 Å². The second kappa shape index (κ2) is 5.49.